The molecule has 0 spiro atoms. The molecule has 0 radical (unpaired) electrons. The fourth-order valence-electron chi connectivity index (χ4n) is 3.57. The number of nitrogens with zero attached hydrogens (tertiary/aromatic N) is 4. The van der Waals surface area contributed by atoms with Crippen LogP contribution in [0.25, 0.3) is 11.3 Å². The third-order valence-corrected chi connectivity index (χ3v) is 5.06. The van der Waals surface area contributed by atoms with Crippen LogP contribution in [0.3, 0.4) is 0 Å². The van der Waals surface area contributed by atoms with E-state index in [-0.39, 0.29) is 11.6 Å². The lowest BCUT2D eigenvalue weighted by Crippen LogP contribution is -2.47. The molecule has 1 unspecified atom stereocenters. The maximum atomic E-state index is 12.6. The number of anilines is 1. The van der Waals surface area contributed by atoms with E-state index in [1.807, 2.05) is 30.3 Å². The van der Waals surface area contributed by atoms with Crippen LogP contribution < -0.4 is 20.5 Å². The number of para-hydroxylation sites is 1. The first-order valence-corrected chi connectivity index (χ1v) is 9.27. The van der Waals surface area contributed by atoms with Crippen molar-refractivity contribution in [3.05, 3.63) is 70.8 Å². The third-order valence-electron chi connectivity index (χ3n) is 5.06. The Morgan fingerprint density at radius 1 is 1.18 bits per heavy atom. The average molecular weight is 377 g/mol. The van der Waals surface area contributed by atoms with Gasteiger partial charge in [0.2, 0.25) is 5.95 Å². The van der Waals surface area contributed by atoms with E-state index in [4.69, 9.17) is 9.72 Å². The maximum Gasteiger partial charge on any atom is 0.255 e. The molecular formula is C21H23N5O2. The first kappa shape index (κ1) is 18.2. The van der Waals surface area contributed by atoms with Crippen molar-refractivity contribution in [2.45, 2.75) is 6.04 Å². The molecule has 0 aliphatic carbocycles. The molecule has 1 fully saturated rings. The summed E-state index contributed by atoms with van der Waals surface area (Å²) in [4.78, 5) is 23.6. The van der Waals surface area contributed by atoms with E-state index in [1.54, 1.807) is 37.2 Å². The Morgan fingerprint density at radius 2 is 1.96 bits per heavy atom. The van der Waals surface area contributed by atoms with Crippen molar-refractivity contribution >= 4 is 5.95 Å². The summed E-state index contributed by atoms with van der Waals surface area (Å²) < 4.78 is 7.13. The van der Waals surface area contributed by atoms with E-state index in [0.717, 1.165) is 30.0 Å². The van der Waals surface area contributed by atoms with Gasteiger partial charge in [-0.15, -0.1) is 0 Å². The number of benzene rings is 1. The third kappa shape index (κ3) is 3.48. The van der Waals surface area contributed by atoms with Gasteiger partial charge < -0.3 is 15.0 Å². The van der Waals surface area contributed by atoms with Gasteiger partial charge in [-0.2, -0.15) is 0 Å². The number of nitrogens with one attached hydrogen (secondary N) is 1. The van der Waals surface area contributed by atoms with Gasteiger partial charge in [-0.3, -0.25) is 14.3 Å². The molecule has 4 rings (SSSR count). The van der Waals surface area contributed by atoms with Crippen LogP contribution in [0.15, 0.2) is 59.7 Å². The molecule has 0 saturated carbocycles. The molecular weight excluding hydrogens is 354 g/mol. The van der Waals surface area contributed by atoms with Gasteiger partial charge in [-0.05, 0) is 18.2 Å². The topological polar surface area (TPSA) is 72.3 Å². The minimum atomic E-state index is -0.0795. The van der Waals surface area contributed by atoms with Gasteiger partial charge in [0.15, 0.2) is 0 Å². The SMILES string of the molecule is COc1ccccc1C1CN(c2nc(-c3ccncc3)cc(=O)n2C)CCN1. The highest BCUT2D eigenvalue weighted by Crippen LogP contribution is 2.28. The standard InChI is InChI=1S/C21H23N5O2/c1-25-20(27)13-17(15-7-9-22-10-8-15)24-21(25)26-12-11-23-18(14-26)16-5-3-4-6-19(16)28-2/h3-10,13,18,23H,11-12,14H2,1-2H3. The minimum Gasteiger partial charge on any atom is -0.496 e. The quantitative estimate of drug-likeness (QED) is 0.750. The van der Waals surface area contributed by atoms with Crippen LogP contribution in [0.1, 0.15) is 11.6 Å². The molecule has 0 amide bonds. The van der Waals surface area contributed by atoms with E-state index in [9.17, 15) is 4.79 Å². The summed E-state index contributed by atoms with van der Waals surface area (Å²) in [6.07, 6.45) is 3.41. The summed E-state index contributed by atoms with van der Waals surface area (Å²) in [5.41, 5.74) is 2.56. The van der Waals surface area contributed by atoms with Crippen molar-refractivity contribution in [1.29, 1.82) is 0 Å². The van der Waals surface area contributed by atoms with Crippen LogP contribution in [0, 0.1) is 0 Å². The minimum absolute atomic E-state index is 0.0795. The predicted molar refractivity (Wildman–Crippen MR) is 109 cm³/mol. The largest absolute Gasteiger partial charge is 0.496 e. The Labute approximate surface area is 163 Å². The van der Waals surface area contributed by atoms with Crippen LogP contribution in [0.4, 0.5) is 5.95 Å². The summed E-state index contributed by atoms with van der Waals surface area (Å²) in [5.74, 6) is 1.52. The van der Waals surface area contributed by atoms with Gasteiger partial charge >= 0.3 is 0 Å². The molecule has 7 heteroatoms. The molecule has 1 aliphatic rings. The number of aromatic nitrogens is 3. The van der Waals surface area contributed by atoms with Crippen LogP contribution in [-0.2, 0) is 7.05 Å². The van der Waals surface area contributed by atoms with Crippen LogP contribution in [-0.4, -0.2) is 41.3 Å². The highest BCUT2D eigenvalue weighted by atomic mass is 16.5. The van der Waals surface area contributed by atoms with Gasteiger partial charge in [-0.25, -0.2) is 4.98 Å². The second kappa shape index (κ2) is 7.82. The Hall–Kier alpha value is -3.19. The van der Waals surface area contributed by atoms with Crippen LogP contribution in [0.5, 0.6) is 5.75 Å². The number of hydrogen-bond donors (Lipinski definition) is 1. The van der Waals surface area contributed by atoms with Crippen molar-refractivity contribution in [3.8, 4) is 17.0 Å². The average Bonchev–Trinajstić information content (AvgIpc) is 2.76. The zero-order valence-electron chi connectivity index (χ0n) is 16.0. The molecule has 1 saturated heterocycles. The first-order chi connectivity index (χ1) is 13.7. The molecule has 3 aromatic rings. The monoisotopic (exact) mass is 377 g/mol. The fraction of sp³-hybridized carbons (Fsp3) is 0.286. The number of rotatable bonds is 4. The van der Waals surface area contributed by atoms with Gasteiger partial charge in [0.1, 0.15) is 5.75 Å². The summed E-state index contributed by atoms with van der Waals surface area (Å²) in [6, 6.07) is 13.4. The highest BCUT2D eigenvalue weighted by molar-refractivity contribution is 5.59. The Bertz CT molecular complexity index is 1020. The fourth-order valence-corrected chi connectivity index (χ4v) is 3.57. The zero-order valence-corrected chi connectivity index (χ0v) is 16.0. The predicted octanol–water partition coefficient (Wildman–Crippen LogP) is 2.00. The molecule has 1 atom stereocenters. The molecule has 7 nitrogen and oxygen atoms in total. The Balaban J connectivity index is 1.69. The summed E-state index contributed by atoms with van der Waals surface area (Å²) >= 11 is 0. The summed E-state index contributed by atoms with van der Waals surface area (Å²) in [5, 5.41) is 3.55. The van der Waals surface area contributed by atoms with Crippen molar-refractivity contribution in [2.24, 2.45) is 7.05 Å². The van der Waals surface area contributed by atoms with E-state index in [1.165, 1.54) is 0 Å². The van der Waals surface area contributed by atoms with Crippen molar-refractivity contribution in [1.82, 2.24) is 19.9 Å². The molecule has 144 valence electrons. The molecule has 0 bridgehead atoms. The first-order valence-electron chi connectivity index (χ1n) is 9.27. The van der Waals surface area contributed by atoms with Gasteiger partial charge in [-0.1, -0.05) is 18.2 Å². The molecule has 1 N–H and O–H groups in total. The molecule has 1 aliphatic heterocycles. The smallest absolute Gasteiger partial charge is 0.255 e. The van der Waals surface area contributed by atoms with E-state index < -0.39 is 0 Å². The van der Waals surface area contributed by atoms with Crippen molar-refractivity contribution in [2.75, 3.05) is 31.6 Å². The molecule has 2 aromatic heterocycles. The number of pyridine rings is 1. The molecule has 28 heavy (non-hydrogen) atoms. The normalized spacial score (nSPS) is 16.8. The van der Waals surface area contributed by atoms with Crippen molar-refractivity contribution in [3.63, 3.8) is 0 Å². The van der Waals surface area contributed by atoms with E-state index >= 15 is 0 Å². The van der Waals surface area contributed by atoms with Crippen LogP contribution in [0.2, 0.25) is 0 Å². The summed E-state index contributed by atoms with van der Waals surface area (Å²) in [6.45, 7) is 2.25. The van der Waals surface area contributed by atoms with Gasteiger partial charge in [0, 0.05) is 56.3 Å². The number of hydrogen-bond acceptors (Lipinski definition) is 6. The Morgan fingerprint density at radius 3 is 2.75 bits per heavy atom. The van der Waals surface area contributed by atoms with E-state index in [2.05, 4.69) is 21.3 Å². The lowest BCUT2D eigenvalue weighted by Gasteiger charge is -2.35. The molecule has 1 aromatic carbocycles. The Kier molecular flexibility index (Phi) is 5.08. The van der Waals surface area contributed by atoms with Gasteiger partial charge in [0.05, 0.1) is 18.8 Å². The zero-order chi connectivity index (χ0) is 19.5. The highest BCUT2D eigenvalue weighted by Gasteiger charge is 2.25. The number of ether oxygens (including phenoxy) is 1. The number of piperazine rings is 1. The van der Waals surface area contributed by atoms with Crippen LogP contribution >= 0.6 is 0 Å². The maximum absolute atomic E-state index is 12.6. The second-order valence-corrected chi connectivity index (χ2v) is 6.77. The lowest BCUT2D eigenvalue weighted by atomic mass is 10.0. The van der Waals surface area contributed by atoms with E-state index in [0.29, 0.717) is 18.2 Å². The summed E-state index contributed by atoms with van der Waals surface area (Å²) in [7, 11) is 3.45. The van der Waals surface area contributed by atoms with Crippen molar-refractivity contribution < 1.29 is 4.74 Å². The second-order valence-electron chi connectivity index (χ2n) is 6.77. The lowest BCUT2D eigenvalue weighted by molar-refractivity contribution is 0.390. The number of methoxy groups -OCH3 is 1. The molecule has 3 heterocycles. The van der Waals surface area contributed by atoms with Gasteiger partial charge in [0.25, 0.3) is 5.56 Å².